The van der Waals surface area contributed by atoms with E-state index in [4.69, 9.17) is 6.42 Å². The van der Waals surface area contributed by atoms with Crippen LogP contribution in [0.15, 0.2) is 47.5 Å². The van der Waals surface area contributed by atoms with Crippen molar-refractivity contribution < 1.29 is 0 Å². The number of hydrogen-bond donors (Lipinski definition) is 0. The van der Waals surface area contributed by atoms with Crippen LogP contribution in [0.25, 0.3) is 10.8 Å². The van der Waals surface area contributed by atoms with E-state index in [0.29, 0.717) is 6.54 Å². The molecule has 2 aromatic rings. The van der Waals surface area contributed by atoms with E-state index >= 15 is 0 Å². The number of terminal acetylenes is 1. The Labute approximate surface area is 89.5 Å². The standard InChI is InChI=1S/C14H11N/c1-2-10-15-11-13-8-5-7-12-6-3-4-9-14(12)13/h1,3-9,11H,10H2/b15-11+. The van der Waals surface area contributed by atoms with Crippen LogP contribution in [0.2, 0.25) is 0 Å². The average molecular weight is 193 g/mol. The summed E-state index contributed by atoms with van der Waals surface area (Å²) in [7, 11) is 0. The Morgan fingerprint density at radius 2 is 1.93 bits per heavy atom. The zero-order chi connectivity index (χ0) is 10.5. The fourth-order valence-electron chi connectivity index (χ4n) is 1.56. The van der Waals surface area contributed by atoms with E-state index in [9.17, 15) is 0 Å². The Morgan fingerprint density at radius 3 is 2.80 bits per heavy atom. The minimum atomic E-state index is 0.434. The maximum atomic E-state index is 5.14. The van der Waals surface area contributed by atoms with Gasteiger partial charge in [-0.15, -0.1) is 6.42 Å². The predicted octanol–water partition coefficient (Wildman–Crippen LogP) is 2.89. The first kappa shape index (κ1) is 9.48. The van der Waals surface area contributed by atoms with Gasteiger partial charge in [0.25, 0.3) is 0 Å². The molecule has 0 heterocycles. The Hall–Kier alpha value is -2.07. The Bertz CT molecular complexity index is 527. The smallest absolute Gasteiger partial charge is 0.0995 e. The van der Waals surface area contributed by atoms with Gasteiger partial charge >= 0.3 is 0 Å². The summed E-state index contributed by atoms with van der Waals surface area (Å²) in [5, 5.41) is 2.43. The lowest BCUT2D eigenvalue weighted by Crippen LogP contribution is -1.85. The number of fused-ring (bicyclic) bond motifs is 1. The summed E-state index contributed by atoms with van der Waals surface area (Å²) in [6, 6.07) is 14.4. The van der Waals surface area contributed by atoms with Gasteiger partial charge in [0.2, 0.25) is 0 Å². The normalized spacial score (nSPS) is 10.6. The second-order valence-corrected chi connectivity index (χ2v) is 3.24. The zero-order valence-electron chi connectivity index (χ0n) is 8.35. The molecule has 0 aliphatic rings. The van der Waals surface area contributed by atoms with Crippen molar-refractivity contribution in [3.63, 3.8) is 0 Å². The molecule has 2 aromatic carbocycles. The highest BCUT2D eigenvalue weighted by atomic mass is 14.7. The zero-order valence-corrected chi connectivity index (χ0v) is 8.35. The van der Waals surface area contributed by atoms with Gasteiger partial charge in [-0.05, 0) is 10.8 Å². The minimum Gasteiger partial charge on any atom is -0.280 e. The van der Waals surface area contributed by atoms with Gasteiger partial charge in [-0.1, -0.05) is 48.4 Å². The topological polar surface area (TPSA) is 12.4 Å². The molecule has 0 saturated heterocycles. The second kappa shape index (κ2) is 4.43. The highest BCUT2D eigenvalue weighted by Gasteiger charge is 1.95. The molecule has 0 amide bonds. The molecule has 0 fully saturated rings. The molecule has 0 unspecified atom stereocenters. The van der Waals surface area contributed by atoms with Crippen LogP contribution < -0.4 is 0 Å². The third-order valence-electron chi connectivity index (χ3n) is 2.24. The minimum absolute atomic E-state index is 0.434. The van der Waals surface area contributed by atoms with Crippen LogP contribution in [-0.2, 0) is 0 Å². The molecule has 0 aliphatic heterocycles. The maximum absolute atomic E-state index is 5.14. The molecule has 2 rings (SSSR count). The molecule has 0 N–H and O–H groups in total. The largest absolute Gasteiger partial charge is 0.280 e. The number of nitrogens with zero attached hydrogens (tertiary/aromatic N) is 1. The van der Waals surface area contributed by atoms with Crippen LogP contribution in [0.1, 0.15) is 5.56 Å². The van der Waals surface area contributed by atoms with Crippen LogP contribution >= 0.6 is 0 Å². The molecule has 0 radical (unpaired) electrons. The molecule has 0 saturated carbocycles. The predicted molar refractivity (Wildman–Crippen MR) is 65.2 cm³/mol. The summed E-state index contributed by atoms with van der Waals surface area (Å²) in [6.07, 6.45) is 6.98. The molecule has 0 bridgehead atoms. The first-order chi connectivity index (χ1) is 7.42. The van der Waals surface area contributed by atoms with Gasteiger partial charge in [0, 0.05) is 11.8 Å². The molecule has 0 spiro atoms. The van der Waals surface area contributed by atoms with E-state index < -0.39 is 0 Å². The lowest BCUT2D eigenvalue weighted by atomic mass is 10.1. The maximum Gasteiger partial charge on any atom is 0.0995 e. The molecular formula is C14H11N. The first-order valence-electron chi connectivity index (χ1n) is 4.83. The van der Waals surface area contributed by atoms with Crippen molar-refractivity contribution in [1.82, 2.24) is 0 Å². The van der Waals surface area contributed by atoms with E-state index in [2.05, 4.69) is 29.1 Å². The summed E-state index contributed by atoms with van der Waals surface area (Å²) in [5.74, 6) is 2.49. The molecule has 72 valence electrons. The van der Waals surface area contributed by atoms with Crippen molar-refractivity contribution in [1.29, 1.82) is 0 Å². The van der Waals surface area contributed by atoms with Crippen molar-refractivity contribution in [2.45, 2.75) is 0 Å². The summed E-state index contributed by atoms with van der Waals surface area (Å²) >= 11 is 0. The third-order valence-corrected chi connectivity index (χ3v) is 2.24. The van der Waals surface area contributed by atoms with Crippen molar-refractivity contribution in [3.8, 4) is 12.3 Å². The van der Waals surface area contributed by atoms with E-state index in [0.717, 1.165) is 5.56 Å². The molecule has 1 nitrogen and oxygen atoms in total. The fraction of sp³-hybridized carbons (Fsp3) is 0.0714. The summed E-state index contributed by atoms with van der Waals surface area (Å²) in [5.41, 5.74) is 1.11. The summed E-state index contributed by atoms with van der Waals surface area (Å²) in [6.45, 7) is 0.434. The van der Waals surface area contributed by atoms with Crippen molar-refractivity contribution >= 4 is 17.0 Å². The summed E-state index contributed by atoms with van der Waals surface area (Å²) in [4.78, 5) is 4.15. The average Bonchev–Trinajstić information content (AvgIpc) is 2.30. The quantitative estimate of drug-likeness (QED) is 0.513. The molecule has 0 atom stereocenters. The van der Waals surface area contributed by atoms with E-state index in [1.54, 1.807) is 0 Å². The van der Waals surface area contributed by atoms with Gasteiger partial charge < -0.3 is 0 Å². The van der Waals surface area contributed by atoms with Gasteiger partial charge in [-0.3, -0.25) is 4.99 Å². The number of benzene rings is 2. The van der Waals surface area contributed by atoms with E-state index in [-0.39, 0.29) is 0 Å². The lowest BCUT2D eigenvalue weighted by Gasteiger charge is -2.00. The Kier molecular flexibility index (Phi) is 2.80. The second-order valence-electron chi connectivity index (χ2n) is 3.24. The molecule has 0 aliphatic carbocycles. The SMILES string of the molecule is C#CC/N=C/c1cccc2ccccc12. The third kappa shape index (κ3) is 2.05. The lowest BCUT2D eigenvalue weighted by molar-refractivity contribution is 1.30. The van der Waals surface area contributed by atoms with Gasteiger partial charge in [0.1, 0.15) is 0 Å². The Balaban J connectivity index is 2.48. The Morgan fingerprint density at radius 1 is 1.13 bits per heavy atom. The highest BCUT2D eigenvalue weighted by Crippen LogP contribution is 2.16. The van der Waals surface area contributed by atoms with Crippen molar-refractivity contribution in [3.05, 3.63) is 48.0 Å². The van der Waals surface area contributed by atoms with Gasteiger partial charge in [-0.2, -0.15) is 0 Å². The van der Waals surface area contributed by atoms with Crippen LogP contribution in [0.3, 0.4) is 0 Å². The van der Waals surface area contributed by atoms with Crippen molar-refractivity contribution in [2.24, 2.45) is 4.99 Å². The van der Waals surface area contributed by atoms with Gasteiger partial charge in [-0.25, -0.2) is 0 Å². The van der Waals surface area contributed by atoms with Crippen LogP contribution in [-0.4, -0.2) is 12.8 Å². The molecule has 1 heteroatoms. The monoisotopic (exact) mass is 193 g/mol. The molecular weight excluding hydrogens is 182 g/mol. The van der Waals surface area contributed by atoms with Crippen LogP contribution in [0.5, 0.6) is 0 Å². The van der Waals surface area contributed by atoms with Gasteiger partial charge in [0.15, 0.2) is 0 Å². The van der Waals surface area contributed by atoms with Gasteiger partial charge in [0.05, 0.1) is 6.54 Å². The van der Waals surface area contributed by atoms with Crippen molar-refractivity contribution in [2.75, 3.05) is 6.54 Å². The number of rotatable bonds is 2. The highest BCUT2D eigenvalue weighted by molar-refractivity contribution is 5.99. The first-order valence-corrected chi connectivity index (χ1v) is 4.83. The number of aliphatic imine (C=N–C) groups is 1. The fourth-order valence-corrected chi connectivity index (χ4v) is 1.56. The molecule has 0 aromatic heterocycles. The number of hydrogen-bond acceptors (Lipinski definition) is 1. The van der Waals surface area contributed by atoms with E-state index in [1.807, 2.05) is 30.5 Å². The molecule has 15 heavy (non-hydrogen) atoms. The summed E-state index contributed by atoms with van der Waals surface area (Å²) < 4.78 is 0. The van der Waals surface area contributed by atoms with E-state index in [1.165, 1.54) is 10.8 Å². The van der Waals surface area contributed by atoms with Crippen LogP contribution in [0, 0.1) is 12.3 Å². The van der Waals surface area contributed by atoms with Crippen LogP contribution in [0.4, 0.5) is 0 Å².